The first kappa shape index (κ1) is 17.8. The van der Waals surface area contributed by atoms with Gasteiger partial charge in [0.25, 0.3) is 5.92 Å². The van der Waals surface area contributed by atoms with E-state index in [1.54, 1.807) is 0 Å². The van der Waals surface area contributed by atoms with Crippen LogP contribution < -0.4 is 0 Å². The molecular weight excluding hydrogens is 260 g/mol. The molecule has 0 aromatic heterocycles. The van der Waals surface area contributed by atoms with Crippen molar-refractivity contribution in [1.29, 1.82) is 0 Å². The summed E-state index contributed by atoms with van der Waals surface area (Å²) in [7, 11) is 0. The quantitative estimate of drug-likeness (QED) is 0.520. The molecule has 0 unspecified atom stereocenters. The number of hydrogen-bond acceptors (Lipinski definition) is 2. The third-order valence-corrected chi connectivity index (χ3v) is 3.82. The molecule has 0 aliphatic carbocycles. The van der Waals surface area contributed by atoms with Crippen LogP contribution >= 0.6 is 0 Å². The van der Waals surface area contributed by atoms with E-state index in [1.807, 2.05) is 0 Å². The van der Waals surface area contributed by atoms with Crippen molar-refractivity contribution < 1.29 is 13.5 Å². The lowest BCUT2D eigenvalue weighted by atomic mass is 10.1. The van der Waals surface area contributed by atoms with Crippen molar-refractivity contribution in [2.24, 2.45) is 0 Å². The molecule has 120 valence electrons. The zero-order chi connectivity index (χ0) is 14.7. The fourth-order valence-corrected chi connectivity index (χ4v) is 2.68. The average Bonchev–Trinajstić information content (AvgIpc) is 2.41. The highest BCUT2D eigenvalue weighted by atomic mass is 19.3. The smallest absolute Gasteiger partial charge is 0.268 e. The molecule has 0 aromatic carbocycles. The molecule has 0 bridgehead atoms. The first-order valence-electron chi connectivity index (χ1n) is 8.26. The van der Waals surface area contributed by atoms with Crippen LogP contribution in [-0.4, -0.2) is 43.7 Å². The summed E-state index contributed by atoms with van der Waals surface area (Å²) in [6.45, 7) is 4.77. The van der Waals surface area contributed by atoms with Crippen molar-refractivity contribution in [2.75, 3.05) is 32.8 Å². The minimum atomic E-state index is -2.69. The Labute approximate surface area is 122 Å². The second-order valence-corrected chi connectivity index (χ2v) is 6.15. The summed E-state index contributed by atoms with van der Waals surface area (Å²) < 4.78 is 29.9. The maximum Gasteiger partial charge on any atom is 0.268 e. The normalized spacial score (nSPS) is 17.6. The van der Waals surface area contributed by atoms with Gasteiger partial charge in [-0.3, -0.25) is 0 Å². The van der Waals surface area contributed by atoms with Gasteiger partial charge in [0.1, 0.15) is 6.61 Å². The Balaban J connectivity index is 1.76. The largest absolute Gasteiger partial charge is 0.375 e. The zero-order valence-corrected chi connectivity index (χ0v) is 13.0. The van der Waals surface area contributed by atoms with Gasteiger partial charge in [0.15, 0.2) is 0 Å². The molecule has 2 nitrogen and oxygen atoms in total. The van der Waals surface area contributed by atoms with Crippen LogP contribution in [0.25, 0.3) is 0 Å². The molecule has 0 amide bonds. The van der Waals surface area contributed by atoms with E-state index in [9.17, 15) is 8.78 Å². The zero-order valence-electron chi connectivity index (χ0n) is 13.0. The van der Waals surface area contributed by atoms with Crippen LogP contribution in [0, 0.1) is 0 Å². The van der Waals surface area contributed by atoms with Gasteiger partial charge in [0.2, 0.25) is 0 Å². The number of nitrogens with zero attached hydrogens (tertiary/aromatic N) is 1. The maximum atomic E-state index is 12.5. The predicted molar refractivity (Wildman–Crippen MR) is 79.4 cm³/mol. The Morgan fingerprint density at radius 1 is 0.900 bits per heavy atom. The number of unbranched alkanes of at least 4 members (excludes halogenated alkanes) is 5. The van der Waals surface area contributed by atoms with Crippen molar-refractivity contribution in [3.05, 3.63) is 0 Å². The molecule has 0 N–H and O–H groups in total. The molecule has 0 atom stereocenters. The first-order chi connectivity index (χ1) is 9.58. The fourth-order valence-electron chi connectivity index (χ4n) is 2.68. The summed E-state index contributed by atoms with van der Waals surface area (Å²) in [4.78, 5) is 2.59. The molecule has 1 aliphatic rings. The summed E-state index contributed by atoms with van der Waals surface area (Å²) in [6.07, 6.45) is 11.2. The van der Waals surface area contributed by atoms with Crippen LogP contribution in [0.1, 0.15) is 64.7 Å². The van der Waals surface area contributed by atoms with E-state index in [0.717, 1.165) is 19.8 Å². The molecule has 0 saturated carbocycles. The SMILES string of the molecule is CC(F)(F)COCCCCCCCCN1CCCCC1. The van der Waals surface area contributed by atoms with Gasteiger partial charge in [-0.05, 0) is 45.3 Å². The van der Waals surface area contributed by atoms with E-state index >= 15 is 0 Å². The van der Waals surface area contributed by atoms with Crippen LogP contribution in [0.3, 0.4) is 0 Å². The molecule has 0 aromatic rings. The van der Waals surface area contributed by atoms with Crippen LogP contribution in [0.5, 0.6) is 0 Å². The third kappa shape index (κ3) is 10.6. The van der Waals surface area contributed by atoms with E-state index in [0.29, 0.717) is 6.61 Å². The van der Waals surface area contributed by atoms with Crippen LogP contribution in [0.2, 0.25) is 0 Å². The molecule has 4 heteroatoms. The lowest BCUT2D eigenvalue weighted by molar-refractivity contribution is -0.0629. The van der Waals surface area contributed by atoms with Crippen molar-refractivity contribution in [3.8, 4) is 0 Å². The number of rotatable bonds is 11. The van der Waals surface area contributed by atoms with Crippen LogP contribution in [0.4, 0.5) is 8.78 Å². The van der Waals surface area contributed by atoms with Crippen molar-refractivity contribution in [1.82, 2.24) is 4.90 Å². The first-order valence-corrected chi connectivity index (χ1v) is 8.26. The van der Waals surface area contributed by atoms with E-state index in [1.165, 1.54) is 64.6 Å². The fraction of sp³-hybridized carbons (Fsp3) is 1.00. The predicted octanol–water partition coefficient (Wildman–Crippen LogP) is 4.48. The monoisotopic (exact) mass is 291 g/mol. The number of ether oxygens (including phenoxy) is 1. The van der Waals surface area contributed by atoms with Crippen LogP contribution in [-0.2, 0) is 4.74 Å². The number of halogens is 2. The maximum absolute atomic E-state index is 12.5. The lowest BCUT2D eigenvalue weighted by Crippen LogP contribution is -2.30. The average molecular weight is 291 g/mol. The van der Waals surface area contributed by atoms with Gasteiger partial charge in [-0.2, -0.15) is 0 Å². The molecule has 1 aliphatic heterocycles. The number of piperidine rings is 1. The van der Waals surface area contributed by atoms with E-state index in [-0.39, 0.29) is 0 Å². The van der Waals surface area contributed by atoms with Crippen molar-refractivity contribution in [2.45, 2.75) is 70.6 Å². The summed E-state index contributed by atoms with van der Waals surface area (Å²) in [5.41, 5.74) is 0. The number of likely N-dealkylation sites (tertiary alicyclic amines) is 1. The highest BCUT2D eigenvalue weighted by Gasteiger charge is 2.20. The van der Waals surface area contributed by atoms with E-state index < -0.39 is 12.5 Å². The van der Waals surface area contributed by atoms with Gasteiger partial charge >= 0.3 is 0 Å². The Bertz CT molecular complexity index is 225. The molecular formula is C16H31F2NO. The lowest BCUT2D eigenvalue weighted by Gasteiger charge is -2.26. The van der Waals surface area contributed by atoms with Gasteiger partial charge < -0.3 is 9.64 Å². The minimum absolute atomic E-state index is 0.442. The van der Waals surface area contributed by atoms with Gasteiger partial charge in [0, 0.05) is 13.5 Å². The van der Waals surface area contributed by atoms with Gasteiger partial charge in [-0.1, -0.05) is 32.1 Å². The molecule has 0 spiro atoms. The number of alkyl halides is 2. The van der Waals surface area contributed by atoms with Gasteiger partial charge in [0.05, 0.1) is 0 Å². The Morgan fingerprint density at radius 2 is 1.50 bits per heavy atom. The molecule has 1 rings (SSSR count). The Morgan fingerprint density at radius 3 is 2.15 bits per heavy atom. The highest BCUT2D eigenvalue weighted by Crippen LogP contribution is 2.13. The summed E-state index contributed by atoms with van der Waals surface area (Å²) in [6, 6.07) is 0. The molecule has 20 heavy (non-hydrogen) atoms. The van der Waals surface area contributed by atoms with E-state index in [4.69, 9.17) is 4.74 Å². The second-order valence-electron chi connectivity index (χ2n) is 6.15. The molecule has 1 heterocycles. The van der Waals surface area contributed by atoms with Crippen LogP contribution in [0.15, 0.2) is 0 Å². The van der Waals surface area contributed by atoms with Crippen molar-refractivity contribution >= 4 is 0 Å². The Kier molecular flexibility index (Phi) is 9.36. The topological polar surface area (TPSA) is 12.5 Å². The van der Waals surface area contributed by atoms with Gasteiger partial charge in [-0.15, -0.1) is 0 Å². The van der Waals surface area contributed by atoms with E-state index in [2.05, 4.69) is 4.90 Å². The number of hydrogen-bond donors (Lipinski definition) is 0. The van der Waals surface area contributed by atoms with Gasteiger partial charge in [-0.25, -0.2) is 8.78 Å². The highest BCUT2D eigenvalue weighted by molar-refractivity contribution is 4.64. The van der Waals surface area contributed by atoms with Crippen molar-refractivity contribution in [3.63, 3.8) is 0 Å². The second kappa shape index (κ2) is 10.5. The summed E-state index contributed by atoms with van der Waals surface area (Å²) >= 11 is 0. The molecule has 1 fully saturated rings. The molecule has 1 saturated heterocycles. The third-order valence-electron chi connectivity index (χ3n) is 3.82. The summed E-state index contributed by atoms with van der Waals surface area (Å²) in [5, 5.41) is 0. The summed E-state index contributed by atoms with van der Waals surface area (Å²) in [5.74, 6) is -2.69. The standard InChI is InChI=1S/C16H31F2NO/c1-16(17,18)15-20-14-10-5-3-2-4-7-11-19-12-8-6-9-13-19/h2-15H2,1H3. The minimum Gasteiger partial charge on any atom is -0.375 e. The Hall–Kier alpha value is -0.220. The molecule has 0 radical (unpaired) electrons.